The lowest BCUT2D eigenvalue weighted by Crippen LogP contribution is -2.17. The van der Waals surface area contributed by atoms with E-state index in [1.54, 1.807) is 6.07 Å². The summed E-state index contributed by atoms with van der Waals surface area (Å²) >= 11 is 0. The van der Waals surface area contributed by atoms with Crippen molar-refractivity contribution in [2.45, 2.75) is 13.8 Å². The van der Waals surface area contributed by atoms with Gasteiger partial charge in [0.25, 0.3) is 11.5 Å². The molecule has 0 bridgehead atoms. The molecule has 98 valence electrons. The average molecular weight is 266 g/mol. The van der Waals surface area contributed by atoms with E-state index in [-0.39, 0.29) is 22.5 Å². The Kier molecular flexibility index (Phi) is 2.48. The molecule has 3 N–H and O–H groups in total. The van der Waals surface area contributed by atoms with Crippen molar-refractivity contribution < 1.29 is 9.40 Å². The first-order valence-corrected chi connectivity index (χ1v) is 6.11. The normalized spacial score (nSPS) is 10.8. The fourth-order valence-electron chi connectivity index (χ4n) is 2.19. The first-order chi connectivity index (χ1) is 9.51. The Labute approximate surface area is 114 Å². The number of nitrogens with two attached hydrogens (primary N) is 1. The summed E-state index contributed by atoms with van der Waals surface area (Å²) in [4.78, 5) is 15.3. The number of benzene rings is 1. The zero-order valence-corrected chi connectivity index (χ0v) is 11.1. The van der Waals surface area contributed by atoms with Crippen LogP contribution in [0.1, 0.15) is 16.7 Å². The molecule has 3 aromatic rings. The molecule has 5 heteroatoms. The molecule has 0 aliphatic heterocycles. The number of nitrogen functional groups attached to an aromatic ring is 1. The number of nitrogens with one attached hydrogen (secondary N) is 1. The van der Waals surface area contributed by atoms with Crippen molar-refractivity contribution >= 4 is 27.9 Å². The van der Waals surface area contributed by atoms with Crippen LogP contribution in [0.2, 0.25) is 0 Å². The molecule has 0 saturated heterocycles. The smallest absolute Gasteiger partial charge is 0.299 e. The summed E-state index contributed by atoms with van der Waals surface area (Å²) in [5, 5.41) is 9.81. The second kappa shape index (κ2) is 4.07. The van der Waals surface area contributed by atoms with Gasteiger partial charge in [-0.3, -0.25) is 10.5 Å². The number of nitrogens with zero attached hydrogens (tertiary/aromatic N) is 1. The highest BCUT2D eigenvalue weighted by molar-refractivity contribution is 5.88. The van der Waals surface area contributed by atoms with Crippen LogP contribution < -0.4 is 16.1 Å². The van der Waals surface area contributed by atoms with Crippen molar-refractivity contribution in [1.29, 1.82) is 5.26 Å². The first kappa shape index (κ1) is 12.2. The number of anilines is 1. The fourth-order valence-corrected chi connectivity index (χ4v) is 2.19. The molecular weight excluding hydrogens is 254 g/mol. The molecule has 3 rings (SSSR count). The molecule has 0 atom stereocenters. The maximum atomic E-state index is 12.5. The number of aromatic nitrogens is 1. The van der Waals surface area contributed by atoms with Gasteiger partial charge < -0.3 is 4.42 Å². The molecular formula is C15H12N3O2+. The summed E-state index contributed by atoms with van der Waals surface area (Å²) in [7, 11) is 0. The zero-order chi connectivity index (χ0) is 14.4. The highest BCUT2D eigenvalue weighted by atomic mass is 16.3. The molecule has 1 aromatic carbocycles. The number of fused-ring (bicyclic) bond motifs is 2. The summed E-state index contributed by atoms with van der Waals surface area (Å²) < 4.78 is 5.70. The molecule has 2 aromatic heterocycles. The summed E-state index contributed by atoms with van der Waals surface area (Å²) in [5.41, 5.74) is 8.61. The predicted octanol–water partition coefficient (Wildman–Crippen LogP) is 1.83. The molecule has 0 radical (unpaired) electrons. The minimum absolute atomic E-state index is 0.169. The summed E-state index contributed by atoms with van der Waals surface area (Å²) in [6, 6.07) is 7.04. The van der Waals surface area contributed by atoms with Crippen LogP contribution in [-0.4, -0.2) is 0 Å². The lowest BCUT2D eigenvalue weighted by atomic mass is 10.1. The van der Waals surface area contributed by atoms with Gasteiger partial charge in [0.2, 0.25) is 5.43 Å². The van der Waals surface area contributed by atoms with Crippen LogP contribution in [0.3, 0.4) is 0 Å². The SMILES string of the molecule is Cc1cc2oc3[nH+]c(N)c(C#N)cc3c(=O)c2cc1C. The van der Waals surface area contributed by atoms with Crippen LogP contribution in [0.15, 0.2) is 27.4 Å². The fraction of sp³-hybridized carbons (Fsp3) is 0.133. The van der Waals surface area contributed by atoms with Gasteiger partial charge in [0, 0.05) is 0 Å². The second-order valence-corrected chi connectivity index (χ2v) is 4.82. The Balaban J connectivity index is 2.55. The number of hydrogen-bond acceptors (Lipinski definition) is 4. The van der Waals surface area contributed by atoms with E-state index in [9.17, 15) is 4.79 Å². The summed E-state index contributed by atoms with van der Waals surface area (Å²) in [5.74, 6) is 0.186. The maximum Gasteiger partial charge on any atom is 0.299 e. The van der Waals surface area contributed by atoms with Gasteiger partial charge in [-0.05, 0) is 43.2 Å². The lowest BCUT2D eigenvalue weighted by Gasteiger charge is -2.04. The molecule has 0 aliphatic carbocycles. The van der Waals surface area contributed by atoms with Gasteiger partial charge in [0.1, 0.15) is 22.6 Å². The van der Waals surface area contributed by atoms with Gasteiger partial charge >= 0.3 is 0 Å². The molecule has 0 spiro atoms. The third kappa shape index (κ3) is 1.62. The number of pyridine rings is 1. The van der Waals surface area contributed by atoms with Crippen molar-refractivity contribution in [3.8, 4) is 6.07 Å². The number of hydrogen-bond donors (Lipinski definition) is 1. The first-order valence-electron chi connectivity index (χ1n) is 6.11. The van der Waals surface area contributed by atoms with Crippen LogP contribution in [-0.2, 0) is 0 Å². The van der Waals surface area contributed by atoms with Gasteiger partial charge in [-0.1, -0.05) is 0 Å². The predicted molar refractivity (Wildman–Crippen MR) is 75.1 cm³/mol. The minimum Gasteiger partial charge on any atom is -0.422 e. The molecule has 0 fully saturated rings. The number of H-pyrrole nitrogens is 1. The van der Waals surface area contributed by atoms with Crippen LogP contribution in [0, 0.1) is 25.2 Å². The van der Waals surface area contributed by atoms with Crippen LogP contribution in [0.4, 0.5) is 5.82 Å². The van der Waals surface area contributed by atoms with E-state index in [2.05, 4.69) is 4.98 Å². The topological polar surface area (TPSA) is 94.2 Å². The van der Waals surface area contributed by atoms with E-state index >= 15 is 0 Å². The van der Waals surface area contributed by atoms with Crippen molar-refractivity contribution in [3.63, 3.8) is 0 Å². The van der Waals surface area contributed by atoms with Crippen LogP contribution >= 0.6 is 0 Å². The maximum absolute atomic E-state index is 12.5. The Hall–Kier alpha value is -2.87. The molecule has 2 heterocycles. The molecule has 0 saturated carbocycles. The van der Waals surface area contributed by atoms with Crippen molar-refractivity contribution in [2.24, 2.45) is 0 Å². The third-order valence-corrected chi connectivity index (χ3v) is 3.49. The number of rotatable bonds is 0. The van der Waals surface area contributed by atoms with Gasteiger partial charge in [-0.2, -0.15) is 5.26 Å². The molecule has 0 aliphatic rings. The van der Waals surface area contributed by atoms with E-state index < -0.39 is 0 Å². The average Bonchev–Trinajstić information content (AvgIpc) is 2.41. The van der Waals surface area contributed by atoms with Crippen LogP contribution in [0.5, 0.6) is 0 Å². The summed E-state index contributed by atoms with van der Waals surface area (Å²) in [6.45, 7) is 3.89. The Bertz CT molecular complexity index is 965. The largest absolute Gasteiger partial charge is 0.422 e. The van der Waals surface area contributed by atoms with Gasteiger partial charge in [-0.25, -0.2) is 4.98 Å². The van der Waals surface area contributed by atoms with E-state index in [1.165, 1.54) is 6.07 Å². The molecule has 0 unspecified atom stereocenters. The molecule has 20 heavy (non-hydrogen) atoms. The Morgan fingerprint density at radius 2 is 1.90 bits per heavy atom. The van der Waals surface area contributed by atoms with Crippen molar-refractivity contribution in [2.75, 3.05) is 5.73 Å². The highest BCUT2D eigenvalue weighted by Gasteiger charge is 2.15. The van der Waals surface area contributed by atoms with Crippen molar-refractivity contribution in [1.82, 2.24) is 0 Å². The third-order valence-electron chi connectivity index (χ3n) is 3.49. The molecule has 0 amide bonds. The van der Waals surface area contributed by atoms with Gasteiger partial charge in [0.05, 0.1) is 5.39 Å². The van der Waals surface area contributed by atoms with E-state index in [0.717, 1.165) is 11.1 Å². The summed E-state index contributed by atoms with van der Waals surface area (Å²) in [6.07, 6.45) is 0. The van der Waals surface area contributed by atoms with Crippen molar-refractivity contribution in [3.05, 3.63) is 45.1 Å². The van der Waals surface area contributed by atoms with Crippen LogP contribution in [0.25, 0.3) is 22.1 Å². The monoisotopic (exact) mass is 266 g/mol. The Morgan fingerprint density at radius 1 is 1.20 bits per heavy atom. The van der Waals surface area contributed by atoms with Gasteiger partial charge in [0.15, 0.2) is 0 Å². The quantitative estimate of drug-likeness (QED) is 0.628. The number of aromatic amines is 1. The van der Waals surface area contributed by atoms with Gasteiger partial charge in [-0.15, -0.1) is 0 Å². The van der Waals surface area contributed by atoms with E-state index in [0.29, 0.717) is 16.4 Å². The molecule has 5 nitrogen and oxygen atoms in total. The number of aryl methyl sites for hydroxylation is 2. The standard InChI is InChI=1S/C15H11N3O2/c1-7-3-10-12(4-8(7)2)20-15-11(13(10)19)5-9(6-16)14(17)18-15/h3-5H,1-2H3,(H2,17,18)/p+1. The van der Waals surface area contributed by atoms with E-state index in [4.69, 9.17) is 15.4 Å². The van der Waals surface area contributed by atoms with E-state index in [1.807, 2.05) is 26.0 Å². The highest BCUT2D eigenvalue weighted by Crippen LogP contribution is 2.21. The zero-order valence-electron chi connectivity index (χ0n) is 11.1. The lowest BCUT2D eigenvalue weighted by molar-refractivity contribution is -0.338. The second-order valence-electron chi connectivity index (χ2n) is 4.82. The number of nitriles is 1. The minimum atomic E-state index is -0.169. The Morgan fingerprint density at radius 3 is 2.60 bits per heavy atom.